The summed E-state index contributed by atoms with van der Waals surface area (Å²) in [4.78, 5) is 26.2. The van der Waals surface area contributed by atoms with E-state index in [1.54, 1.807) is 0 Å². The zero-order chi connectivity index (χ0) is 48.8. The maximum Gasteiger partial charge on any atom is 0.306 e. The van der Waals surface area contributed by atoms with Crippen molar-refractivity contribution in [3.05, 3.63) is 85.1 Å². The summed E-state index contributed by atoms with van der Waals surface area (Å²) in [5, 5.41) is 23.8. The topological polar surface area (TPSA) is 95.9 Å². The number of hydrogen-bond donors (Lipinski definition) is 3. The number of nitrogens with one attached hydrogen (secondary N) is 1. The molecule has 3 atom stereocenters. The molecule has 0 aromatic carbocycles. The molecular weight excluding hydrogens is 827 g/mol. The Labute approximate surface area is 414 Å². The number of hydrogen-bond acceptors (Lipinski definition) is 5. The van der Waals surface area contributed by atoms with Crippen LogP contribution in [0.25, 0.3) is 0 Å². The molecule has 0 spiro atoms. The first-order chi connectivity index (χ1) is 33.0. The molecule has 0 rings (SSSR count). The molecule has 67 heavy (non-hydrogen) atoms. The monoisotopic (exact) mass is 934 g/mol. The molecule has 386 valence electrons. The van der Waals surface area contributed by atoms with Crippen molar-refractivity contribution < 1.29 is 24.5 Å². The van der Waals surface area contributed by atoms with Crippen molar-refractivity contribution in [2.45, 2.75) is 283 Å². The lowest BCUT2D eigenvalue weighted by Crippen LogP contribution is -2.46. The Balaban J connectivity index is 4.67. The predicted octanol–water partition coefficient (Wildman–Crippen LogP) is 17.5. The van der Waals surface area contributed by atoms with Gasteiger partial charge in [-0.15, -0.1) is 0 Å². The molecule has 0 fully saturated rings. The van der Waals surface area contributed by atoms with E-state index < -0.39 is 18.2 Å². The first-order valence-corrected chi connectivity index (χ1v) is 28.4. The number of allylic oxidation sites excluding steroid dienone is 14. The quantitative estimate of drug-likeness (QED) is 0.0244. The van der Waals surface area contributed by atoms with E-state index in [2.05, 4.69) is 50.4 Å². The number of unbranched alkanes of at least 4 members (excludes halogenated alkanes) is 29. The summed E-state index contributed by atoms with van der Waals surface area (Å²) in [6, 6.07) is -0.732. The van der Waals surface area contributed by atoms with Crippen molar-refractivity contribution >= 4 is 11.9 Å². The van der Waals surface area contributed by atoms with Crippen molar-refractivity contribution in [3.63, 3.8) is 0 Å². The smallest absolute Gasteiger partial charge is 0.306 e. The van der Waals surface area contributed by atoms with E-state index in [9.17, 15) is 19.8 Å². The second kappa shape index (κ2) is 54.0. The molecule has 0 radical (unpaired) electrons. The fourth-order valence-electron chi connectivity index (χ4n) is 8.35. The Morgan fingerprint density at radius 2 is 0.836 bits per heavy atom. The summed E-state index contributed by atoms with van der Waals surface area (Å²) in [5.74, 6) is -0.557. The van der Waals surface area contributed by atoms with E-state index in [1.165, 1.54) is 154 Å². The van der Waals surface area contributed by atoms with Gasteiger partial charge >= 0.3 is 5.97 Å². The van der Waals surface area contributed by atoms with Crippen LogP contribution >= 0.6 is 0 Å². The van der Waals surface area contributed by atoms with Gasteiger partial charge in [-0.05, 0) is 64.2 Å². The molecule has 0 aliphatic heterocycles. The van der Waals surface area contributed by atoms with Gasteiger partial charge in [-0.25, -0.2) is 0 Å². The summed E-state index contributed by atoms with van der Waals surface area (Å²) in [5.41, 5.74) is 0. The lowest BCUT2D eigenvalue weighted by molar-refractivity contribution is -0.151. The second-order valence-corrected chi connectivity index (χ2v) is 19.1. The number of esters is 1. The van der Waals surface area contributed by atoms with Crippen molar-refractivity contribution in [2.75, 3.05) is 6.61 Å². The minimum atomic E-state index is -0.814. The molecule has 1 amide bonds. The average molecular weight is 935 g/mol. The third-order valence-electron chi connectivity index (χ3n) is 12.6. The van der Waals surface area contributed by atoms with Crippen molar-refractivity contribution in [1.29, 1.82) is 0 Å². The van der Waals surface area contributed by atoms with Crippen LogP contribution in [0.1, 0.15) is 265 Å². The molecule has 0 aromatic heterocycles. The summed E-state index contributed by atoms with van der Waals surface area (Å²) >= 11 is 0. The van der Waals surface area contributed by atoms with Crippen LogP contribution in [0.3, 0.4) is 0 Å². The fraction of sp³-hybridized carbons (Fsp3) is 0.738. The highest BCUT2D eigenvalue weighted by Crippen LogP contribution is 2.17. The zero-order valence-electron chi connectivity index (χ0n) is 44.0. The number of carbonyl (C=O) groups excluding carboxylic acids is 2. The van der Waals surface area contributed by atoms with Gasteiger partial charge in [-0.2, -0.15) is 0 Å². The van der Waals surface area contributed by atoms with E-state index in [1.807, 2.05) is 60.8 Å². The molecule has 3 unspecified atom stereocenters. The van der Waals surface area contributed by atoms with E-state index in [-0.39, 0.29) is 24.9 Å². The number of aliphatic hydroxyl groups excluding tert-OH is 2. The molecule has 0 aliphatic rings. The standard InChI is InChI=1S/C61H107NO5/c1-4-7-10-13-16-19-22-25-28-29-30-33-36-39-42-45-48-51-54-61(66)67-57(52-49-46-43-40-37-34-31-26-23-20-17-14-11-8-5-2)55-60(65)62-58(56-63)59(64)53-50-47-44-41-38-35-32-27-24-21-18-15-12-9-6-3/h8,11,14,17,20,23,26,30-31,33-34,37,40,43,57-59,63-64H,4-7,9-10,12-13,15-16,18-19,21-22,24-25,27-29,32,35-36,38-39,41-42,44-56H2,1-3H3,(H,62,65)/b11-8-,17-14+,23-20+,31-26-,33-30+,37-34+,43-40+. The van der Waals surface area contributed by atoms with E-state index in [0.717, 1.165) is 64.2 Å². The summed E-state index contributed by atoms with van der Waals surface area (Å²) in [7, 11) is 0. The molecule has 0 aliphatic carbocycles. The van der Waals surface area contributed by atoms with Crippen LogP contribution in [0.15, 0.2) is 85.1 Å². The highest BCUT2D eigenvalue weighted by molar-refractivity contribution is 5.77. The van der Waals surface area contributed by atoms with Crippen LogP contribution in [0.2, 0.25) is 0 Å². The number of rotatable bonds is 50. The average Bonchev–Trinajstić information content (AvgIpc) is 3.32. The van der Waals surface area contributed by atoms with Gasteiger partial charge < -0.3 is 20.3 Å². The maximum atomic E-state index is 13.2. The zero-order valence-corrected chi connectivity index (χ0v) is 44.0. The lowest BCUT2D eigenvalue weighted by atomic mass is 10.0. The Morgan fingerprint density at radius 3 is 1.28 bits per heavy atom. The second-order valence-electron chi connectivity index (χ2n) is 19.1. The highest BCUT2D eigenvalue weighted by atomic mass is 16.5. The Kier molecular flexibility index (Phi) is 51.6. The Bertz CT molecular complexity index is 1280. The van der Waals surface area contributed by atoms with E-state index in [0.29, 0.717) is 19.3 Å². The predicted molar refractivity (Wildman–Crippen MR) is 291 cm³/mol. The fourth-order valence-corrected chi connectivity index (χ4v) is 8.35. The van der Waals surface area contributed by atoms with Gasteiger partial charge in [-0.1, -0.05) is 273 Å². The molecule has 0 heterocycles. The number of carbonyl (C=O) groups is 2. The van der Waals surface area contributed by atoms with E-state index >= 15 is 0 Å². The van der Waals surface area contributed by atoms with Crippen LogP contribution < -0.4 is 5.32 Å². The third kappa shape index (κ3) is 49.3. The van der Waals surface area contributed by atoms with Gasteiger partial charge in [-0.3, -0.25) is 9.59 Å². The summed E-state index contributed by atoms with van der Waals surface area (Å²) < 4.78 is 5.91. The number of amides is 1. The first kappa shape index (κ1) is 64.0. The molecule has 6 heteroatoms. The number of ether oxygens (including phenoxy) is 1. The van der Waals surface area contributed by atoms with Crippen LogP contribution in [-0.2, 0) is 14.3 Å². The van der Waals surface area contributed by atoms with Gasteiger partial charge in [0, 0.05) is 6.42 Å². The molecule has 0 saturated heterocycles. The Hall–Kier alpha value is -2.96. The lowest BCUT2D eigenvalue weighted by Gasteiger charge is -2.24. The molecule has 3 N–H and O–H groups in total. The van der Waals surface area contributed by atoms with Gasteiger partial charge in [0.25, 0.3) is 0 Å². The maximum absolute atomic E-state index is 13.2. The minimum Gasteiger partial charge on any atom is -0.462 e. The summed E-state index contributed by atoms with van der Waals surface area (Å²) in [6.45, 7) is 6.33. The first-order valence-electron chi connectivity index (χ1n) is 28.4. The highest BCUT2D eigenvalue weighted by Gasteiger charge is 2.24. The van der Waals surface area contributed by atoms with Crippen LogP contribution in [0.5, 0.6) is 0 Å². The minimum absolute atomic E-state index is 0.0204. The molecule has 0 bridgehead atoms. The largest absolute Gasteiger partial charge is 0.462 e. The van der Waals surface area contributed by atoms with Crippen LogP contribution in [0, 0.1) is 0 Å². The van der Waals surface area contributed by atoms with Crippen LogP contribution in [-0.4, -0.2) is 46.9 Å². The van der Waals surface area contributed by atoms with Crippen LogP contribution in [0.4, 0.5) is 0 Å². The Morgan fingerprint density at radius 1 is 0.448 bits per heavy atom. The SMILES string of the molecule is CC\C=C/C=C/C=C/C=C\C=C\C=C\CCCC(CC(=O)NC(CO)C(O)CCCCCCCCCCCCCCCCC)OC(=O)CCCCCCC/C=C/CCCCCCCCCCC. The normalized spacial score (nSPS) is 13.8. The van der Waals surface area contributed by atoms with Crippen molar-refractivity contribution in [3.8, 4) is 0 Å². The molecule has 0 saturated carbocycles. The van der Waals surface area contributed by atoms with Gasteiger partial charge in [0.2, 0.25) is 5.91 Å². The van der Waals surface area contributed by atoms with Crippen molar-refractivity contribution in [1.82, 2.24) is 5.32 Å². The van der Waals surface area contributed by atoms with Gasteiger partial charge in [0.05, 0.1) is 25.2 Å². The summed E-state index contributed by atoms with van der Waals surface area (Å²) in [6.07, 6.45) is 70.8. The van der Waals surface area contributed by atoms with Gasteiger partial charge in [0.15, 0.2) is 0 Å². The van der Waals surface area contributed by atoms with Crippen molar-refractivity contribution in [2.24, 2.45) is 0 Å². The van der Waals surface area contributed by atoms with Gasteiger partial charge in [0.1, 0.15) is 6.10 Å². The van der Waals surface area contributed by atoms with E-state index in [4.69, 9.17) is 4.74 Å². The third-order valence-corrected chi connectivity index (χ3v) is 12.6. The number of aliphatic hydroxyl groups is 2. The molecule has 6 nitrogen and oxygen atoms in total. The molecule has 0 aromatic rings. The molecular formula is C61H107NO5.